The zero-order chi connectivity index (χ0) is 18.1. The maximum atomic E-state index is 12.5. The molecule has 2 aliphatic heterocycles. The molecular weight excluding hydrogens is 326 g/mol. The van der Waals surface area contributed by atoms with Gasteiger partial charge in [-0.2, -0.15) is 0 Å². The quantitative estimate of drug-likeness (QED) is 0.852. The zero-order valence-corrected chi connectivity index (χ0v) is 15.0. The number of piperazine rings is 1. The van der Waals surface area contributed by atoms with Crippen molar-refractivity contribution in [3.8, 4) is 0 Å². The number of amides is 2. The zero-order valence-electron chi connectivity index (χ0n) is 15.0. The number of likely N-dealkylation sites (N-methyl/N-ethyl adjacent to an activating group) is 1. The van der Waals surface area contributed by atoms with Gasteiger partial charge in [-0.1, -0.05) is 30.3 Å². The first-order valence-corrected chi connectivity index (χ1v) is 9.08. The van der Waals surface area contributed by atoms with Crippen LogP contribution in [-0.4, -0.2) is 49.9 Å². The lowest BCUT2D eigenvalue weighted by Crippen LogP contribution is -2.49. The maximum absolute atomic E-state index is 12.5. The van der Waals surface area contributed by atoms with Crippen molar-refractivity contribution in [2.45, 2.75) is 12.8 Å². The average molecular weight is 349 g/mol. The number of anilines is 2. The molecule has 0 bridgehead atoms. The Bertz CT molecular complexity index is 826. The molecule has 0 spiro atoms. The van der Waals surface area contributed by atoms with Gasteiger partial charge in [0.2, 0.25) is 11.8 Å². The molecule has 0 saturated carbocycles. The smallest absolute Gasteiger partial charge is 0.231 e. The van der Waals surface area contributed by atoms with Gasteiger partial charge in [-0.25, -0.2) is 0 Å². The SMILES string of the molecule is CN1C(=O)Cc2cc(N3CCN(C(=O)Cc4ccccc4)CC3)ccc21. The van der Waals surface area contributed by atoms with Gasteiger partial charge in [0.05, 0.1) is 12.8 Å². The number of hydrogen-bond donors (Lipinski definition) is 0. The van der Waals surface area contributed by atoms with Gasteiger partial charge in [0.15, 0.2) is 0 Å². The first-order chi connectivity index (χ1) is 12.6. The topological polar surface area (TPSA) is 43.9 Å². The Labute approximate surface area is 153 Å². The highest BCUT2D eigenvalue weighted by molar-refractivity contribution is 6.01. The van der Waals surface area contributed by atoms with Gasteiger partial charge in [0.1, 0.15) is 0 Å². The van der Waals surface area contributed by atoms with Crippen LogP contribution in [0.15, 0.2) is 48.5 Å². The number of fused-ring (bicyclic) bond motifs is 1. The summed E-state index contributed by atoms with van der Waals surface area (Å²) in [5.41, 5.74) is 4.31. The number of carbonyl (C=O) groups excluding carboxylic acids is 2. The van der Waals surface area contributed by atoms with E-state index in [4.69, 9.17) is 0 Å². The highest BCUT2D eigenvalue weighted by atomic mass is 16.2. The Morgan fingerprint density at radius 3 is 2.46 bits per heavy atom. The minimum atomic E-state index is 0.147. The van der Waals surface area contributed by atoms with Crippen molar-refractivity contribution >= 4 is 23.2 Å². The molecular formula is C21H23N3O2. The van der Waals surface area contributed by atoms with Crippen molar-refractivity contribution in [1.29, 1.82) is 0 Å². The third-order valence-electron chi connectivity index (χ3n) is 5.34. The van der Waals surface area contributed by atoms with E-state index in [1.807, 2.05) is 48.3 Å². The van der Waals surface area contributed by atoms with Crippen molar-refractivity contribution in [2.75, 3.05) is 43.0 Å². The summed E-state index contributed by atoms with van der Waals surface area (Å²) in [6.45, 7) is 3.12. The Balaban J connectivity index is 1.37. The Morgan fingerprint density at radius 1 is 1.00 bits per heavy atom. The largest absolute Gasteiger partial charge is 0.368 e. The van der Waals surface area contributed by atoms with Crippen LogP contribution in [0.3, 0.4) is 0 Å². The van der Waals surface area contributed by atoms with Gasteiger partial charge < -0.3 is 14.7 Å². The van der Waals surface area contributed by atoms with E-state index in [0.29, 0.717) is 12.8 Å². The predicted molar refractivity (Wildman–Crippen MR) is 102 cm³/mol. The molecule has 1 fully saturated rings. The second kappa shape index (κ2) is 6.83. The number of carbonyl (C=O) groups is 2. The molecule has 0 atom stereocenters. The van der Waals surface area contributed by atoms with Gasteiger partial charge in [-0.05, 0) is 29.3 Å². The molecule has 2 aromatic rings. The van der Waals surface area contributed by atoms with Crippen LogP contribution < -0.4 is 9.80 Å². The van der Waals surface area contributed by atoms with Gasteiger partial charge in [0, 0.05) is 44.6 Å². The lowest BCUT2D eigenvalue weighted by Gasteiger charge is -2.36. The van der Waals surface area contributed by atoms with Crippen molar-refractivity contribution < 1.29 is 9.59 Å². The fourth-order valence-electron chi connectivity index (χ4n) is 3.75. The van der Waals surface area contributed by atoms with Crippen LogP contribution >= 0.6 is 0 Å². The van der Waals surface area contributed by atoms with E-state index in [9.17, 15) is 9.59 Å². The number of rotatable bonds is 3. The summed E-state index contributed by atoms with van der Waals surface area (Å²) < 4.78 is 0. The van der Waals surface area contributed by atoms with Crippen LogP contribution in [0.4, 0.5) is 11.4 Å². The molecule has 4 rings (SSSR count). The average Bonchev–Trinajstić information content (AvgIpc) is 2.96. The van der Waals surface area contributed by atoms with Crippen LogP contribution in [0.1, 0.15) is 11.1 Å². The van der Waals surface area contributed by atoms with Crippen LogP contribution in [-0.2, 0) is 22.4 Å². The third kappa shape index (κ3) is 3.17. The normalized spacial score (nSPS) is 16.8. The van der Waals surface area contributed by atoms with Crippen molar-refractivity contribution in [3.05, 3.63) is 59.7 Å². The molecule has 5 heteroatoms. The molecule has 2 heterocycles. The Morgan fingerprint density at radius 2 is 1.73 bits per heavy atom. The molecule has 0 unspecified atom stereocenters. The summed E-state index contributed by atoms with van der Waals surface area (Å²) in [5.74, 6) is 0.338. The van der Waals surface area contributed by atoms with E-state index in [0.717, 1.165) is 48.7 Å². The lowest BCUT2D eigenvalue weighted by atomic mass is 10.1. The highest BCUT2D eigenvalue weighted by Gasteiger charge is 2.26. The molecule has 2 aromatic carbocycles. The van der Waals surface area contributed by atoms with E-state index in [1.54, 1.807) is 4.90 Å². The molecule has 0 N–H and O–H groups in total. The van der Waals surface area contributed by atoms with Crippen LogP contribution in [0.5, 0.6) is 0 Å². The van der Waals surface area contributed by atoms with Crippen molar-refractivity contribution in [1.82, 2.24) is 4.90 Å². The first kappa shape index (κ1) is 16.6. The Kier molecular flexibility index (Phi) is 4.37. The molecule has 0 aliphatic carbocycles. The minimum absolute atomic E-state index is 0.147. The summed E-state index contributed by atoms with van der Waals surface area (Å²) in [6.07, 6.45) is 0.948. The molecule has 5 nitrogen and oxygen atoms in total. The second-order valence-electron chi connectivity index (χ2n) is 6.97. The number of hydrogen-bond acceptors (Lipinski definition) is 3. The van der Waals surface area contributed by atoms with Crippen molar-refractivity contribution in [2.24, 2.45) is 0 Å². The summed E-state index contributed by atoms with van der Waals surface area (Å²) in [6, 6.07) is 16.1. The minimum Gasteiger partial charge on any atom is -0.368 e. The maximum Gasteiger partial charge on any atom is 0.231 e. The lowest BCUT2D eigenvalue weighted by molar-refractivity contribution is -0.130. The monoisotopic (exact) mass is 349 g/mol. The van der Waals surface area contributed by atoms with E-state index >= 15 is 0 Å². The molecule has 1 saturated heterocycles. The molecule has 2 amide bonds. The fraction of sp³-hybridized carbons (Fsp3) is 0.333. The molecule has 0 aromatic heterocycles. The predicted octanol–water partition coefficient (Wildman–Crippen LogP) is 2.10. The highest BCUT2D eigenvalue weighted by Crippen LogP contribution is 2.31. The molecule has 2 aliphatic rings. The fourth-order valence-corrected chi connectivity index (χ4v) is 3.75. The number of benzene rings is 2. The van der Waals surface area contributed by atoms with Crippen LogP contribution in [0.25, 0.3) is 0 Å². The molecule has 0 radical (unpaired) electrons. The van der Waals surface area contributed by atoms with Gasteiger partial charge >= 0.3 is 0 Å². The van der Waals surface area contributed by atoms with Gasteiger partial charge in [-0.3, -0.25) is 9.59 Å². The van der Waals surface area contributed by atoms with E-state index in [1.165, 1.54) is 0 Å². The second-order valence-corrected chi connectivity index (χ2v) is 6.97. The number of nitrogens with zero attached hydrogens (tertiary/aromatic N) is 3. The van der Waals surface area contributed by atoms with Crippen molar-refractivity contribution in [3.63, 3.8) is 0 Å². The molecule has 26 heavy (non-hydrogen) atoms. The molecule has 134 valence electrons. The summed E-state index contributed by atoms with van der Waals surface area (Å²) in [7, 11) is 1.82. The van der Waals surface area contributed by atoms with Gasteiger partial charge in [0.25, 0.3) is 0 Å². The summed E-state index contributed by atoms with van der Waals surface area (Å²) in [4.78, 5) is 30.3. The van der Waals surface area contributed by atoms with Crippen LogP contribution in [0, 0.1) is 0 Å². The third-order valence-corrected chi connectivity index (χ3v) is 5.34. The summed E-state index contributed by atoms with van der Waals surface area (Å²) >= 11 is 0. The standard InChI is InChI=1S/C21H23N3O2/c1-22-19-8-7-18(14-17(19)15-20(22)25)23-9-11-24(12-10-23)21(26)13-16-5-3-2-4-6-16/h2-8,14H,9-13,15H2,1H3. The van der Waals surface area contributed by atoms with E-state index < -0.39 is 0 Å². The van der Waals surface area contributed by atoms with Crippen LogP contribution in [0.2, 0.25) is 0 Å². The first-order valence-electron chi connectivity index (χ1n) is 9.08. The van der Waals surface area contributed by atoms with E-state index in [-0.39, 0.29) is 11.8 Å². The Hall–Kier alpha value is -2.82. The summed E-state index contributed by atoms with van der Waals surface area (Å²) in [5, 5.41) is 0. The van der Waals surface area contributed by atoms with Gasteiger partial charge in [-0.15, -0.1) is 0 Å². The van der Waals surface area contributed by atoms with E-state index in [2.05, 4.69) is 17.0 Å².